The predicted octanol–water partition coefficient (Wildman–Crippen LogP) is 3.60. The highest BCUT2D eigenvalue weighted by molar-refractivity contribution is 6.42. The molecule has 0 aliphatic rings. The van der Waals surface area contributed by atoms with Gasteiger partial charge in [-0.05, 0) is 31.6 Å². The summed E-state index contributed by atoms with van der Waals surface area (Å²) in [5.41, 5.74) is 0.851. The molecular weight excluding hydrogens is 359 g/mol. The fraction of sp³-hybridized carbons (Fsp3) is 0.333. The molecule has 0 radical (unpaired) electrons. The van der Waals surface area contributed by atoms with Gasteiger partial charge in [-0.1, -0.05) is 35.3 Å². The van der Waals surface area contributed by atoms with E-state index in [1.54, 1.807) is 23.0 Å². The SMILES string of the molecule is CNCCCC(=O)Nc1ccnn1Cc1cccc(Cl)c1Cl.Cl. The third kappa shape index (κ3) is 5.70. The third-order valence-corrected chi connectivity index (χ3v) is 4.02. The van der Waals surface area contributed by atoms with Gasteiger partial charge >= 0.3 is 0 Å². The van der Waals surface area contributed by atoms with Crippen LogP contribution in [0.3, 0.4) is 0 Å². The first-order chi connectivity index (χ1) is 10.6. The van der Waals surface area contributed by atoms with Crippen molar-refractivity contribution in [3.05, 3.63) is 46.1 Å². The molecule has 0 fully saturated rings. The van der Waals surface area contributed by atoms with Crippen molar-refractivity contribution in [3.63, 3.8) is 0 Å². The largest absolute Gasteiger partial charge is 0.320 e. The van der Waals surface area contributed by atoms with Crippen LogP contribution >= 0.6 is 35.6 Å². The smallest absolute Gasteiger partial charge is 0.225 e. The predicted molar refractivity (Wildman–Crippen MR) is 96.8 cm³/mol. The Balaban J connectivity index is 0.00000264. The zero-order valence-electron chi connectivity index (χ0n) is 12.7. The molecule has 0 aliphatic heterocycles. The lowest BCUT2D eigenvalue weighted by Crippen LogP contribution is -2.18. The molecule has 0 atom stereocenters. The summed E-state index contributed by atoms with van der Waals surface area (Å²) in [4.78, 5) is 11.9. The van der Waals surface area contributed by atoms with E-state index in [2.05, 4.69) is 15.7 Å². The van der Waals surface area contributed by atoms with Crippen LogP contribution in [0.1, 0.15) is 18.4 Å². The number of hydrogen-bond acceptors (Lipinski definition) is 3. The van der Waals surface area contributed by atoms with Crippen LogP contribution in [0.25, 0.3) is 0 Å². The second kappa shape index (κ2) is 9.78. The van der Waals surface area contributed by atoms with E-state index in [0.29, 0.717) is 28.8 Å². The number of carbonyl (C=O) groups is 1. The minimum Gasteiger partial charge on any atom is -0.320 e. The fourth-order valence-electron chi connectivity index (χ4n) is 2.03. The summed E-state index contributed by atoms with van der Waals surface area (Å²) in [5.74, 6) is 0.611. The Morgan fingerprint density at radius 3 is 2.83 bits per heavy atom. The van der Waals surface area contributed by atoms with E-state index in [9.17, 15) is 4.79 Å². The highest BCUT2D eigenvalue weighted by Gasteiger charge is 2.10. The molecule has 0 unspecified atom stereocenters. The Bertz CT molecular complexity index is 645. The number of halogens is 3. The van der Waals surface area contributed by atoms with Crippen molar-refractivity contribution in [1.29, 1.82) is 0 Å². The van der Waals surface area contributed by atoms with E-state index in [1.807, 2.05) is 19.2 Å². The third-order valence-electron chi connectivity index (χ3n) is 3.17. The Morgan fingerprint density at radius 2 is 2.09 bits per heavy atom. The van der Waals surface area contributed by atoms with Gasteiger partial charge in [0.2, 0.25) is 5.91 Å². The van der Waals surface area contributed by atoms with Gasteiger partial charge < -0.3 is 10.6 Å². The molecule has 1 amide bonds. The first kappa shape index (κ1) is 19.8. The molecular formula is C15H19Cl3N4O. The second-order valence-electron chi connectivity index (χ2n) is 4.84. The van der Waals surface area contributed by atoms with Crippen LogP contribution in [0, 0.1) is 0 Å². The summed E-state index contributed by atoms with van der Waals surface area (Å²) in [6, 6.07) is 7.22. The van der Waals surface area contributed by atoms with Crippen molar-refractivity contribution in [2.45, 2.75) is 19.4 Å². The number of benzene rings is 1. The number of nitrogens with one attached hydrogen (secondary N) is 2. The van der Waals surface area contributed by atoms with Gasteiger partial charge in [-0.3, -0.25) is 4.79 Å². The monoisotopic (exact) mass is 376 g/mol. The average molecular weight is 378 g/mol. The number of carbonyl (C=O) groups excluding carboxylic acids is 1. The molecule has 23 heavy (non-hydrogen) atoms. The molecule has 1 heterocycles. The lowest BCUT2D eigenvalue weighted by atomic mass is 10.2. The molecule has 126 valence electrons. The van der Waals surface area contributed by atoms with Crippen LogP contribution in [0.2, 0.25) is 10.0 Å². The topological polar surface area (TPSA) is 59.0 Å². The number of aromatic nitrogens is 2. The van der Waals surface area contributed by atoms with E-state index >= 15 is 0 Å². The van der Waals surface area contributed by atoms with Gasteiger partial charge in [-0.25, -0.2) is 4.68 Å². The van der Waals surface area contributed by atoms with Crippen molar-refractivity contribution in [1.82, 2.24) is 15.1 Å². The summed E-state index contributed by atoms with van der Waals surface area (Å²) >= 11 is 12.2. The van der Waals surface area contributed by atoms with Gasteiger partial charge in [0.1, 0.15) is 5.82 Å². The molecule has 1 aromatic carbocycles. The van der Waals surface area contributed by atoms with E-state index in [4.69, 9.17) is 23.2 Å². The molecule has 5 nitrogen and oxygen atoms in total. The van der Waals surface area contributed by atoms with Crippen molar-refractivity contribution >= 4 is 47.3 Å². The molecule has 0 saturated carbocycles. The Kier molecular flexibility index (Phi) is 8.41. The minimum absolute atomic E-state index is 0. The Hall–Kier alpha value is -1.27. The average Bonchev–Trinajstić information content (AvgIpc) is 2.91. The van der Waals surface area contributed by atoms with Gasteiger partial charge in [-0.15, -0.1) is 12.4 Å². The van der Waals surface area contributed by atoms with E-state index in [1.165, 1.54) is 0 Å². The van der Waals surface area contributed by atoms with Crippen LogP contribution in [0.5, 0.6) is 0 Å². The molecule has 1 aromatic heterocycles. The molecule has 2 rings (SSSR count). The summed E-state index contributed by atoms with van der Waals surface area (Å²) in [7, 11) is 1.86. The second-order valence-corrected chi connectivity index (χ2v) is 5.63. The first-order valence-corrected chi connectivity index (χ1v) is 7.76. The zero-order chi connectivity index (χ0) is 15.9. The van der Waals surface area contributed by atoms with Gasteiger partial charge in [0, 0.05) is 12.5 Å². The standard InChI is InChI=1S/C15H18Cl2N4O.ClH/c1-18-8-3-6-14(22)20-13-7-9-19-21(13)10-11-4-2-5-12(16)15(11)17;/h2,4-5,7,9,18H,3,6,8,10H2,1H3,(H,20,22);1H. The number of rotatable bonds is 7. The summed E-state index contributed by atoms with van der Waals surface area (Å²) < 4.78 is 1.69. The highest BCUT2D eigenvalue weighted by atomic mass is 35.5. The lowest BCUT2D eigenvalue weighted by Gasteiger charge is -2.10. The number of nitrogens with zero attached hydrogens (tertiary/aromatic N) is 2. The lowest BCUT2D eigenvalue weighted by molar-refractivity contribution is -0.116. The number of amides is 1. The normalized spacial score (nSPS) is 10.2. The molecule has 8 heteroatoms. The van der Waals surface area contributed by atoms with Crippen LogP contribution in [-0.2, 0) is 11.3 Å². The molecule has 2 N–H and O–H groups in total. The van der Waals surface area contributed by atoms with E-state index < -0.39 is 0 Å². The number of hydrogen-bond donors (Lipinski definition) is 2. The summed E-state index contributed by atoms with van der Waals surface area (Å²) in [6.45, 7) is 1.25. The van der Waals surface area contributed by atoms with Crippen LogP contribution in [0.4, 0.5) is 5.82 Å². The number of anilines is 1. The zero-order valence-corrected chi connectivity index (χ0v) is 15.0. The first-order valence-electron chi connectivity index (χ1n) is 7.01. The molecule has 2 aromatic rings. The van der Waals surface area contributed by atoms with Crippen molar-refractivity contribution in [2.75, 3.05) is 18.9 Å². The van der Waals surface area contributed by atoms with Crippen molar-refractivity contribution in [2.24, 2.45) is 0 Å². The fourth-order valence-corrected chi connectivity index (χ4v) is 2.41. The quantitative estimate of drug-likeness (QED) is 0.725. The van der Waals surface area contributed by atoms with Gasteiger partial charge in [-0.2, -0.15) is 5.10 Å². The van der Waals surface area contributed by atoms with Crippen LogP contribution < -0.4 is 10.6 Å². The van der Waals surface area contributed by atoms with Crippen molar-refractivity contribution in [3.8, 4) is 0 Å². The Labute approximate surface area is 151 Å². The maximum absolute atomic E-state index is 11.9. The maximum atomic E-state index is 11.9. The molecule has 0 bridgehead atoms. The summed E-state index contributed by atoms with van der Waals surface area (Å²) in [5, 5.41) is 11.1. The maximum Gasteiger partial charge on any atom is 0.225 e. The molecule has 0 saturated heterocycles. The summed E-state index contributed by atoms with van der Waals surface area (Å²) in [6.07, 6.45) is 2.89. The van der Waals surface area contributed by atoms with E-state index in [-0.39, 0.29) is 18.3 Å². The molecule has 0 aliphatic carbocycles. The van der Waals surface area contributed by atoms with Crippen LogP contribution in [0.15, 0.2) is 30.5 Å². The Morgan fingerprint density at radius 1 is 1.30 bits per heavy atom. The van der Waals surface area contributed by atoms with Crippen molar-refractivity contribution < 1.29 is 4.79 Å². The van der Waals surface area contributed by atoms with Gasteiger partial charge in [0.05, 0.1) is 22.8 Å². The molecule has 0 spiro atoms. The van der Waals surface area contributed by atoms with Crippen LogP contribution in [-0.4, -0.2) is 29.3 Å². The minimum atomic E-state index is -0.0332. The highest BCUT2D eigenvalue weighted by Crippen LogP contribution is 2.26. The van der Waals surface area contributed by atoms with Gasteiger partial charge in [0.25, 0.3) is 0 Å². The van der Waals surface area contributed by atoms with Gasteiger partial charge in [0.15, 0.2) is 0 Å². The van der Waals surface area contributed by atoms with E-state index in [0.717, 1.165) is 18.5 Å².